The van der Waals surface area contributed by atoms with Gasteiger partial charge in [-0.3, -0.25) is 0 Å². The van der Waals surface area contributed by atoms with Crippen molar-refractivity contribution in [1.82, 2.24) is 0 Å². The molecule has 0 aliphatic heterocycles. The molecule has 0 aromatic heterocycles. The minimum Gasteiger partial charge on any atom is -0.389 e. The summed E-state index contributed by atoms with van der Waals surface area (Å²) in [5, 5.41) is 11.1. The number of rotatable bonds is 2. The van der Waals surface area contributed by atoms with Gasteiger partial charge in [0.1, 0.15) is 5.82 Å². The van der Waals surface area contributed by atoms with Gasteiger partial charge in [-0.05, 0) is 42.4 Å². The van der Waals surface area contributed by atoms with E-state index < -0.39 is 5.60 Å². The lowest BCUT2D eigenvalue weighted by Gasteiger charge is -2.37. The average Bonchev–Trinajstić information content (AvgIpc) is 2.46. The Morgan fingerprint density at radius 3 is 2.59 bits per heavy atom. The molecule has 1 saturated carbocycles. The first-order valence-electron chi connectivity index (χ1n) is 6.00. The second kappa shape index (κ2) is 4.25. The lowest BCUT2D eigenvalue weighted by molar-refractivity contribution is -0.0419. The predicted octanol–water partition coefficient (Wildman–Crippen LogP) is 3.96. The number of hydrogen-bond donors (Lipinski definition) is 1. The second-order valence-corrected chi connectivity index (χ2v) is 6.09. The molecule has 0 bridgehead atoms. The SMILES string of the molecule is CC1(C)CCCC1(O)Cc1ccc(F)cc1Cl. The first kappa shape index (κ1) is 12.8. The van der Waals surface area contributed by atoms with Gasteiger partial charge in [0.25, 0.3) is 0 Å². The minimum absolute atomic E-state index is 0.106. The minimum atomic E-state index is -0.728. The van der Waals surface area contributed by atoms with Crippen LogP contribution in [0.5, 0.6) is 0 Å². The number of benzene rings is 1. The molecule has 1 aromatic carbocycles. The van der Waals surface area contributed by atoms with Crippen LogP contribution >= 0.6 is 11.6 Å². The highest BCUT2D eigenvalue weighted by molar-refractivity contribution is 6.31. The topological polar surface area (TPSA) is 20.2 Å². The Morgan fingerprint density at radius 1 is 1.35 bits per heavy atom. The van der Waals surface area contributed by atoms with E-state index >= 15 is 0 Å². The number of halogens is 2. The lowest BCUT2D eigenvalue weighted by Crippen LogP contribution is -2.41. The molecule has 1 aliphatic rings. The average molecular weight is 257 g/mol. The maximum absolute atomic E-state index is 13.0. The normalized spacial score (nSPS) is 27.4. The molecule has 1 aliphatic carbocycles. The monoisotopic (exact) mass is 256 g/mol. The molecule has 94 valence electrons. The third-order valence-electron chi connectivity index (χ3n) is 4.15. The summed E-state index contributed by atoms with van der Waals surface area (Å²) in [7, 11) is 0. The standard InChI is InChI=1S/C14H18ClFO/c1-13(2)6-3-7-14(13,17)9-10-4-5-11(16)8-12(10)15/h4-5,8,17H,3,6-7,9H2,1-2H3. The van der Waals surface area contributed by atoms with Gasteiger partial charge in [-0.1, -0.05) is 31.5 Å². The van der Waals surface area contributed by atoms with Gasteiger partial charge in [0.15, 0.2) is 0 Å². The molecular formula is C14H18ClFO. The van der Waals surface area contributed by atoms with Crippen molar-refractivity contribution >= 4 is 11.6 Å². The van der Waals surface area contributed by atoms with Crippen molar-refractivity contribution in [2.24, 2.45) is 5.41 Å². The zero-order valence-corrected chi connectivity index (χ0v) is 11.0. The van der Waals surface area contributed by atoms with Gasteiger partial charge >= 0.3 is 0 Å². The first-order valence-corrected chi connectivity index (χ1v) is 6.38. The van der Waals surface area contributed by atoms with Crippen molar-refractivity contribution in [2.75, 3.05) is 0 Å². The summed E-state index contributed by atoms with van der Waals surface area (Å²) in [6.45, 7) is 4.16. The summed E-state index contributed by atoms with van der Waals surface area (Å²) >= 11 is 6.01. The lowest BCUT2D eigenvalue weighted by atomic mass is 9.74. The Morgan fingerprint density at radius 2 is 2.06 bits per heavy atom. The van der Waals surface area contributed by atoms with E-state index in [1.165, 1.54) is 12.1 Å². The Hall–Kier alpha value is -0.600. The van der Waals surface area contributed by atoms with Crippen molar-refractivity contribution in [3.8, 4) is 0 Å². The number of hydrogen-bond acceptors (Lipinski definition) is 1. The highest BCUT2D eigenvalue weighted by Crippen LogP contribution is 2.48. The quantitative estimate of drug-likeness (QED) is 0.849. The van der Waals surface area contributed by atoms with Crippen LogP contribution in [0.4, 0.5) is 4.39 Å². The van der Waals surface area contributed by atoms with Gasteiger partial charge in [0, 0.05) is 11.4 Å². The third kappa shape index (κ3) is 2.34. The summed E-state index contributed by atoms with van der Waals surface area (Å²) in [5.74, 6) is -0.337. The van der Waals surface area contributed by atoms with Gasteiger partial charge < -0.3 is 5.11 Å². The van der Waals surface area contributed by atoms with Crippen molar-refractivity contribution in [3.63, 3.8) is 0 Å². The van der Waals surface area contributed by atoms with Crippen molar-refractivity contribution in [2.45, 2.75) is 45.1 Å². The van der Waals surface area contributed by atoms with Crippen LogP contribution in [0, 0.1) is 11.2 Å². The molecule has 0 saturated heterocycles. The van der Waals surface area contributed by atoms with Crippen molar-refractivity contribution in [3.05, 3.63) is 34.6 Å². The fraction of sp³-hybridized carbons (Fsp3) is 0.571. The Balaban J connectivity index is 2.26. The molecule has 1 nitrogen and oxygen atoms in total. The van der Waals surface area contributed by atoms with E-state index in [2.05, 4.69) is 13.8 Å². The molecule has 1 aromatic rings. The van der Waals surface area contributed by atoms with Gasteiger partial charge in [-0.25, -0.2) is 4.39 Å². The van der Waals surface area contributed by atoms with Crippen LogP contribution in [0.2, 0.25) is 5.02 Å². The molecule has 1 atom stereocenters. The highest BCUT2D eigenvalue weighted by Gasteiger charge is 2.47. The summed E-state index contributed by atoms with van der Waals surface area (Å²) in [4.78, 5) is 0. The Kier molecular flexibility index (Phi) is 3.21. The maximum Gasteiger partial charge on any atom is 0.124 e. The molecule has 0 amide bonds. The second-order valence-electron chi connectivity index (χ2n) is 5.68. The van der Waals surface area contributed by atoms with Crippen LogP contribution in [0.15, 0.2) is 18.2 Å². The fourth-order valence-electron chi connectivity index (χ4n) is 2.70. The smallest absolute Gasteiger partial charge is 0.124 e. The van der Waals surface area contributed by atoms with Crippen molar-refractivity contribution in [1.29, 1.82) is 0 Å². The van der Waals surface area contributed by atoms with Gasteiger partial charge in [0.2, 0.25) is 0 Å². The van der Waals surface area contributed by atoms with E-state index in [0.717, 1.165) is 24.8 Å². The summed E-state index contributed by atoms with van der Waals surface area (Å²) in [6.07, 6.45) is 3.33. The Bertz CT molecular complexity index is 430. The molecule has 17 heavy (non-hydrogen) atoms. The molecule has 1 unspecified atom stereocenters. The van der Waals surface area contributed by atoms with Crippen molar-refractivity contribution < 1.29 is 9.50 Å². The van der Waals surface area contributed by atoms with Crippen LogP contribution in [-0.4, -0.2) is 10.7 Å². The molecule has 1 N–H and O–H groups in total. The first-order chi connectivity index (χ1) is 7.84. The summed E-state index contributed by atoms with van der Waals surface area (Å²) < 4.78 is 13.0. The third-order valence-corrected chi connectivity index (χ3v) is 4.50. The van der Waals surface area contributed by atoms with Crippen LogP contribution in [0.25, 0.3) is 0 Å². The molecule has 3 heteroatoms. The van der Waals surface area contributed by atoms with E-state index in [0.29, 0.717) is 11.4 Å². The van der Waals surface area contributed by atoms with Crippen LogP contribution in [0.1, 0.15) is 38.7 Å². The fourth-order valence-corrected chi connectivity index (χ4v) is 2.94. The van der Waals surface area contributed by atoms with Crippen LogP contribution in [-0.2, 0) is 6.42 Å². The predicted molar refractivity (Wildman–Crippen MR) is 67.7 cm³/mol. The Labute approximate surface area is 107 Å². The summed E-state index contributed by atoms with van der Waals surface area (Å²) in [6, 6.07) is 4.37. The molecular weight excluding hydrogens is 239 g/mol. The zero-order valence-electron chi connectivity index (χ0n) is 10.3. The van der Waals surface area contributed by atoms with E-state index in [1.54, 1.807) is 6.07 Å². The summed E-state index contributed by atoms with van der Waals surface area (Å²) in [5.41, 5.74) is -0.00957. The van der Waals surface area contributed by atoms with Crippen LogP contribution in [0.3, 0.4) is 0 Å². The van der Waals surface area contributed by atoms with E-state index in [9.17, 15) is 9.50 Å². The molecule has 1 fully saturated rings. The molecule has 0 heterocycles. The maximum atomic E-state index is 13.0. The molecule has 0 spiro atoms. The van der Waals surface area contributed by atoms with E-state index in [4.69, 9.17) is 11.6 Å². The van der Waals surface area contributed by atoms with Gasteiger partial charge in [0.05, 0.1) is 5.60 Å². The van der Waals surface area contributed by atoms with Gasteiger partial charge in [-0.15, -0.1) is 0 Å². The largest absolute Gasteiger partial charge is 0.389 e. The molecule has 0 radical (unpaired) electrons. The van der Waals surface area contributed by atoms with Crippen LogP contribution < -0.4 is 0 Å². The van der Waals surface area contributed by atoms with Gasteiger partial charge in [-0.2, -0.15) is 0 Å². The highest BCUT2D eigenvalue weighted by atomic mass is 35.5. The number of aliphatic hydroxyl groups is 1. The van der Waals surface area contributed by atoms with E-state index in [1.807, 2.05) is 0 Å². The zero-order chi connectivity index (χ0) is 12.7. The molecule has 2 rings (SSSR count). The van der Waals surface area contributed by atoms with E-state index in [-0.39, 0.29) is 11.2 Å².